The number of aliphatic imine (C=N–C) groups is 1. The zero-order valence-electron chi connectivity index (χ0n) is 22.8. The number of hydrogen-bond acceptors (Lipinski definition) is 4. The second-order valence-corrected chi connectivity index (χ2v) is 10.4. The number of fused-ring (bicyclic) bond motifs is 4. The van der Waals surface area contributed by atoms with Gasteiger partial charge in [0.15, 0.2) is 0 Å². The summed E-state index contributed by atoms with van der Waals surface area (Å²) in [6.07, 6.45) is 3.82. The molecule has 42 heavy (non-hydrogen) atoms. The van der Waals surface area contributed by atoms with Crippen molar-refractivity contribution in [1.82, 2.24) is 0 Å². The van der Waals surface area contributed by atoms with Crippen LogP contribution in [0.4, 0.5) is 39.8 Å². The Hall–Kier alpha value is -5.74. The number of hydrogen-bond donors (Lipinski definition) is 1. The predicted molar refractivity (Wildman–Crippen MR) is 176 cm³/mol. The largest absolute Gasteiger partial charge is 0.306 e. The first-order valence-corrected chi connectivity index (χ1v) is 14.1. The van der Waals surface area contributed by atoms with Gasteiger partial charge in [-0.25, -0.2) is 4.99 Å². The van der Waals surface area contributed by atoms with Crippen LogP contribution in [0.15, 0.2) is 151 Å². The van der Waals surface area contributed by atoms with Gasteiger partial charge in [-0.3, -0.25) is 5.41 Å². The van der Waals surface area contributed by atoms with Crippen molar-refractivity contribution in [3.8, 4) is 0 Å². The molecule has 0 atom stereocenters. The summed E-state index contributed by atoms with van der Waals surface area (Å²) < 4.78 is 0. The fourth-order valence-corrected chi connectivity index (χ4v) is 6.11. The third kappa shape index (κ3) is 3.77. The molecule has 6 aromatic rings. The van der Waals surface area contributed by atoms with Crippen LogP contribution in [-0.4, -0.2) is 11.4 Å². The van der Waals surface area contributed by atoms with Crippen LogP contribution in [0, 0.1) is 5.41 Å². The second-order valence-electron chi connectivity index (χ2n) is 10.4. The van der Waals surface area contributed by atoms with Gasteiger partial charge in [0.25, 0.3) is 0 Å². The predicted octanol–water partition coefficient (Wildman–Crippen LogP) is 10.3. The summed E-state index contributed by atoms with van der Waals surface area (Å²) in [4.78, 5) is 9.81. The maximum Gasteiger partial charge on any atom is 0.0964 e. The number of nitrogens with one attached hydrogen (secondary N) is 1. The molecular weight excluding hydrogens is 512 g/mol. The Bertz CT molecular complexity index is 2030. The van der Waals surface area contributed by atoms with Gasteiger partial charge in [-0.15, -0.1) is 0 Å². The van der Waals surface area contributed by atoms with Crippen molar-refractivity contribution in [3.63, 3.8) is 0 Å². The van der Waals surface area contributed by atoms with Crippen LogP contribution in [0.2, 0.25) is 0 Å². The lowest BCUT2D eigenvalue weighted by Gasteiger charge is -2.40. The number of para-hydroxylation sites is 5. The van der Waals surface area contributed by atoms with E-state index in [1.165, 1.54) is 0 Å². The zero-order chi connectivity index (χ0) is 28.0. The van der Waals surface area contributed by atoms with Crippen LogP contribution in [0.5, 0.6) is 0 Å². The van der Waals surface area contributed by atoms with Crippen molar-refractivity contribution in [2.24, 2.45) is 4.99 Å². The first-order valence-electron chi connectivity index (χ1n) is 14.1. The third-order valence-electron chi connectivity index (χ3n) is 7.99. The highest BCUT2D eigenvalue weighted by Crippen LogP contribution is 2.55. The van der Waals surface area contributed by atoms with Crippen molar-refractivity contribution >= 4 is 68.1 Å². The molecule has 0 radical (unpaired) electrons. The van der Waals surface area contributed by atoms with Crippen LogP contribution < -0.4 is 9.80 Å². The molecule has 2 aliphatic rings. The summed E-state index contributed by atoms with van der Waals surface area (Å²) in [5.74, 6) is 0. The Morgan fingerprint density at radius 1 is 0.452 bits per heavy atom. The van der Waals surface area contributed by atoms with Crippen LogP contribution in [0.25, 0.3) is 16.8 Å². The molecule has 0 unspecified atom stereocenters. The molecule has 1 aliphatic carbocycles. The molecule has 6 aromatic carbocycles. The third-order valence-corrected chi connectivity index (χ3v) is 7.99. The average molecular weight is 539 g/mol. The molecule has 0 saturated heterocycles. The van der Waals surface area contributed by atoms with Gasteiger partial charge in [0, 0.05) is 22.0 Å². The van der Waals surface area contributed by atoms with E-state index in [2.05, 4.69) is 131 Å². The van der Waals surface area contributed by atoms with E-state index in [-0.39, 0.29) is 0 Å². The normalized spacial score (nSPS) is 14.6. The summed E-state index contributed by atoms with van der Waals surface area (Å²) in [5.41, 5.74) is 10.7. The number of benzene rings is 6. The Morgan fingerprint density at radius 3 is 1.74 bits per heavy atom. The minimum Gasteiger partial charge on any atom is -0.306 e. The lowest BCUT2D eigenvalue weighted by Crippen LogP contribution is -2.24. The molecule has 4 heteroatoms. The minimum absolute atomic E-state index is 0.418. The van der Waals surface area contributed by atoms with Crippen LogP contribution in [0.3, 0.4) is 0 Å². The Labute approximate surface area is 244 Å². The highest BCUT2D eigenvalue weighted by molar-refractivity contribution is 6.53. The standard InChI is InChI=1S/C38H26N4/c39-31-23-22-26-12-4-5-15-28(26)38(31)40-32-24-25-33(30-17-7-6-16-29(30)32)42-36-20-10-8-18-34(36)41(27-13-2-1-3-14-27)35-19-9-11-21-37(35)42/h1-25,39H. The average Bonchev–Trinajstić information content (AvgIpc) is 3.05. The SMILES string of the molecule is N=C1C=Cc2ccccc2C1=Nc1ccc(N2c3ccccc3N(c3ccccc3)c3ccccc32)c2ccccc12. The molecule has 1 heterocycles. The number of anilines is 6. The van der Waals surface area contributed by atoms with E-state index >= 15 is 0 Å². The molecule has 0 fully saturated rings. The highest BCUT2D eigenvalue weighted by atomic mass is 15.3. The molecule has 4 nitrogen and oxygen atoms in total. The van der Waals surface area contributed by atoms with Gasteiger partial charge in [0.2, 0.25) is 0 Å². The summed E-state index contributed by atoms with van der Waals surface area (Å²) in [7, 11) is 0. The van der Waals surface area contributed by atoms with E-state index in [1.54, 1.807) is 0 Å². The van der Waals surface area contributed by atoms with E-state index < -0.39 is 0 Å². The molecule has 0 amide bonds. The summed E-state index contributed by atoms with van der Waals surface area (Å²) in [5, 5.41) is 10.8. The first-order chi connectivity index (χ1) is 20.8. The van der Waals surface area contributed by atoms with Crippen LogP contribution >= 0.6 is 0 Å². The van der Waals surface area contributed by atoms with Crippen molar-refractivity contribution in [3.05, 3.63) is 157 Å². The van der Waals surface area contributed by atoms with Crippen molar-refractivity contribution in [2.75, 3.05) is 9.80 Å². The fraction of sp³-hybridized carbons (Fsp3) is 0. The quantitative estimate of drug-likeness (QED) is 0.243. The Kier molecular flexibility index (Phi) is 5.57. The minimum atomic E-state index is 0.418. The van der Waals surface area contributed by atoms with Gasteiger partial charge >= 0.3 is 0 Å². The molecule has 0 aromatic heterocycles. The molecule has 198 valence electrons. The van der Waals surface area contributed by atoms with Gasteiger partial charge < -0.3 is 9.80 Å². The first kappa shape index (κ1) is 24.1. The highest BCUT2D eigenvalue weighted by Gasteiger charge is 2.31. The number of nitrogens with zero attached hydrogens (tertiary/aromatic N) is 3. The van der Waals surface area contributed by atoms with E-state index in [9.17, 15) is 0 Å². The van der Waals surface area contributed by atoms with Crippen molar-refractivity contribution in [2.45, 2.75) is 0 Å². The second kappa shape index (κ2) is 9.72. The monoisotopic (exact) mass is 538 g/mol. The van der Waals surface area contributed by atoms with Gasteiger partial charge in [-0.05, 0) is 60.2 Å². The van der Waals surface area contributed by atoms with E-state index in [0.717, 1.165) is 61.7 Å². The lowest BCUT2D eigenvalue weighted by molar-refractivity contribution is 1.17. The summed E-state index contributed by atoms with van der Waals surface area (Å²) in [6, 6.07) is 48.5. The zero-order valence-corrected chi connectivity index (χ0v) is 22.8. The molecule has 0 spiro atoms. The Balaban J connectivity index is 1.34. The molecule has 8 rings (SSSR count). The van der Waals surface area contributed by atoms with Gasteiger partial charge in [0.05, 0.1) is 45.5 Å². The Morgan fingerprint density at radius 2 is 1.02 bits per heavy atom. The molecular formula is C38H26N4. The molecule has 0 saturated carbocycles. The van der Waals surface area contributed by atoms with Crippen molar-refractivity contribution in [1.29, 1.82) is 5.41 Å². The molecule has 1 N–H and O–H groups in total. The van der Waals surface area contributed by atoms with Gasteiger partial charge in [0.1, 0.15) is 0 Å². The lowest BCUT2D eigenvalue weighted by atomic mass is 9.94. The van der Waals surface area contributed by atoms with Crippen LogP contribution in [0.1, 0.15) is 11.1 Å². The fourth-order valence-electron chi connectivity index (χ4n) is 6.11. The molecule has 1 aliphatic heterocycles. The number of allylic oxidation sites excluding steroid dienone is 1. The molecule has 0 bridgehead atoms. The van der Waals surface area contributed by atoms with Crippen LogP contribution in [-0.2, 0) is 0 Å². The van der Waals surface area contributed by atoms with E-state index in [4.69, 9.17) is 10.4 Å². The van der Waals surface area contributed by atoms with E-state index in [0.29, 0.717) is 11.4 Å². The van der Waals surface area contributed by atoms with Gasteiger partial charge in [-0.2, -0.15) is 0 Å². The number of rotatable bonds is 3. The maximum atomic E-state index is 8.66. The smallest absolute Gasteiger partial charge is 0.0964 e. The summed E-state index contributed by atoms with van der Waals surface area (Å²) in [6.45, 7) is 0. The van der Waals surface area contributed by atoms with E-state index in [1.807, 2.05) is 30.4 Å². The van der Waals surface area contributed by atoms with Crippen molar-refractivity contribution < 1.29 is 0 Å². The topological polar surface area (TPSA) is 42.7 Å². The van der Waals surface area contributed by atoms with Gasteiger partial charge in [-0.1, -0.05) is 97.1 Å². The summed E-state index contributed by atoms with van der Waals surface area (Å²) >= 11 is 0. The maximum absolute atomic E-state index is 8.66.